The number of hydrogen-bond donors (Lipinski definition) is 2. The SMILES string of the molecule is COCCNC(=O)N[C@@H]1CCCN(S(=O)(=O)c2ccc(C)cc2)C1. The number of nitrogens with zero attached hydrogens (tertiary/aromatic N) is 1. The highest BCUT2D eigenvalue weighted by Gasteiger charge is 2.30. The maximum atomic E-state index is 12.7. The van der Waals surface area contributed by atoms with Crippen molar-refractivity contribution in [3.05, 3.63) is 29.8 Å². The highest BCUT2D eigenvalue weighted by Crippen LogP contribution is 2.21. The fourth-order valence-electron chi connectivity index (χ4n) is 2.64. The third kappa shape index (κ3) is 4.93. The number of aryl methyl sites for hydroxylation is 1. The summed E-state index contributed by atoms with van der Waals surface area (Å²) in [5, 5.41) is 5.51. The van der Waals surface area contributed by atoms with E-state index in [1.165, 1.54) is 4.31 Å². The van der Waals surface area contributed by atoms with Crippen molar-refractivity contribution in [2.24, 2.45) is 0 Å². The molecule has 1 saturated heterocycles. The molecule has 0 saturated carbocycles. The van der Waals surface area contributed by atoms with E-state index >= 15 is 0 Å². The van der Waals surface area contributed by atoms with Crippen LogP contribution in [0.2, 0.25) is 0 Å². The van der Waals surface area contributed by atoms with Crippen LogP contribution in [-0.2, 0) is 14.8 Å². The Kier molecular flexibility index (Phi) is 6.59. The van der Waals surface area contributed by atoms with Crippen molar-refractivity contribution in [3.63, 3.8) is 0 Å². The number of carbonyl (C=O) groups excluding carboxylic acids is 1. The van der Waals surface area contributed by atoms with Gasteiger partial charge in [-0.15, -0.1) is 0 Å². The Balaban J connectivity index is 1.97. The van der Waals surface area contributed by atoms with E-state index < -0.39 is 10.0 Å². The Labute approximate surface area is 143 Å². The van der Waals surface area contributed by atoms with E-state index in [9.17, 15) is 13.2 Å². The van der Waals surface area contributed by atoms with Crippen molar-refractivity contribution < 1.29 is 17.9 Å². The fraction of sp³-hybridized carbons (Fsp3) is 0.562. The van der Waals surface area contributed by atoms with Gasteiger partial charge in [0, 0.05) is 32.8 Å². The van der Waals surface area contributed by atoms with Crippen molar-refractivity contribution in [2.45, 2.75) is 30.7 Å². The van der Waals surface area contributed by atoms with Crippen molar-refractivity contribution in [2.75, 3.05) is 33.4 Å². The van der Waals surface area contributed by atoms with Crippen LogP contribution >= 0.6 is 0 Å². The number of nitrogens with one attached hydrogen (secondary N) is 2. The molecule has 134 valence electrons. The summed E-state index contributed by atoms with van der Waals surface area (Å²) in [6.45, 7) is 3.53. The van der Waals surface area contributed by atoms with Gasteiger partial charge >= 0.3 is 6.03 Å². The van der Waals surface area contributed by atoms with Gasteiger partial charge in [-0.05, 0) is 31.9 Å². The van der Waals surface area contributed by atoms with Crippen LogP contribution in [0.25, 0.3) is 0 Å². The first-order valence-corrected chi connectivity index (χ1v) is 9.47. The molecular formula is C16H25N3O4S. The minimum atomic E-state index is -3.53. The summed E-state index contributed by atoms with van der Waals surface area (Å²) in [5.41, 5.74) is 1.01. The van der Waals surface area contributed by atoms with Crippen molar-refractivity contribution in [1.29, 1.82) is 0 Å². The molecule has 0 bridgehead atoms. The lowest BCUT2D eigenvalue weighted by Crippen LogP contribution is -2.52. The molecule has 1 heterocycles. The Bertz CT molecular complexity index is 646. The zero-order valence-electron chi connectivity index (χ0n) is 14.1. The number of methoxy groups -OCH3 is 1. The molecule has 0 aromatic heterocycles. The van der Waals surface area contributed by atoms with Crippen LogP contribution in [0.5, 0.6) is 0 Å². The predicted octanol–water partition coefficient (Wildman–Crippen LogP) is 1.09. The van der Waals surface area contributed by atoms with Gasteiger partial charge in [-0.3, -0.25) is 0 Å². The molecule has 1 aliphatic rings. The molecule has 0 spiro atoms. The zero-order valence-corrected chi connectivity index (χ0v) is 14.9. The number of carbonyl (C=O) groups is 1. The molecule has 0 radical (unpaired) electrons. The maximum absolute atomic E-state index is 12.7. The molecule has 2 rings (SSSR count). The number of urea groups is 1. The summed E-state index contributed by atoms with van der Waals surface area (Å²) in [6, 6.07) is 6.33. The fourth-order valence-corrected chi connectivity index (χ4v) is 4.16. The third-order valence-corrected chi connectivity index (χ3v) is 5.85. The second kappa shape index (κ2) is 8.46. The molecule has 0 aliphatic carbocycles. The average Bonchev–Trinajstić information content (AvgIpc) is 2.56. The Morgan fingerprint density at radius 3 is 2.71 bits per heavy atom. The highest BCUT2D eigenvalue weighted by molar-refractivity contribution is 7.89. The van der Waals surface area contributed by atoms with Gasteiger partial charge in [-0.2, -0.15) is 4.31 Å². The molecule has 1 fully saturated rings. The van der Waals surface area contributed by atoms with Crippen molar-refractivity contribution in [3.8, 4) is 0 Å². The molecule has 7 nitrogen and oxygen atoms in total. The maximum Gasteiger partial charge on any atom is 0.315 e. The van der Waals surface area contributed by atoms with Crippen LogP contribution in [0.4, 0.5) is 4.79 Å². The summed E-state index contributed by atoms with van der Waals surface area (Å²) < 4.78 is 31.8. The highest BCUT2D eigenvalue weighted by atomic mass is 32.2. The second-order valence-electron chi connectivity index (χ2n) is 5.91. The van der Waals surface area contributed by atoms with E-state index in [1.54, 1.807) is 31.4 Å². The summed E-state index contributed by atoms with van der Waals surface area (Å²) in [5.74, 6) is 0. The van der Waals surface area contributed by atoms with Gasteiger partial charge in [0.05, 0.1) is 11.5 Å². The summed E-state index contributed by atoms with van der Waals surface area (Å²) >= 11 is 0. The predicted molar refractivity (Wildman–Crippen MR) is 91.4 cm³/mol. The van der Waals surface area contributed by atoms with E-state index in [0.29, 0.717) is 31.0 Å². The number of ether oxygens (including phenoxy) is 1. The van der Waals surface area contributed by atoms with Gasteiger partial charge < -0.3 is 15.4 Å². The molecule has 2 amide bonds. The van der Waals surface area contributed by atoms with Crippen LogP contribution in [0, 0.1) is 6.92 Å². The monoisotopic (exact) mass is 355 g/mol. The smallest absolute Gasteiger partial charge is 0.315 e. The number of sulfonamides is 1. The van der Waals surface area contributed by atoms with Gasteiger partial charge in [-0.1, -0.05) is 17.7 Å². The average molecular weight is 355 g/mol. The second-order valence-corrected chi connectivity index (χ2v) is 7.85. The lowest BCUT2D eigenvalue weighted by molar-refractivity contribution is 0.193. The first-order chi connectivity index (χ1) is 11.4. The minimum Gasteiger partial charge on any atom is -0.383 e. The number of piperidine rings is 1. The summed E-state index contributed by atoms with van der Waals surface area (Å²) in [4.78, 5) is 12.1. The first-order valence-electron chi connectivity index (χ1n) is 8.03. The Morgan fingerprint density at radius 2 is 2.04 bits per heavy atom. The van der Waals surface area contributed by atoms with Crippen molar-refractivity contribution in [1.82, 2.24) is 14.9 Å². The van der Waals surface area contributed by atoms with E-state index in [1.807, 2.05) is 6.92 Å². The summed E-state index contributed by atoms with van der Waals surface area (Å²) in [6.07, 6.45) is 1.48. The van der Waals surface area contributed by atoms with Crippen molar-refractivity contribution >= 4 is 16.1 Å². The van der Waals surface area contributed by atoms with Crippen LogP contribution in [-0.4, -0.2) is 58.1 Å². The molecule has 8 heteroatoms. The van der Waals surface area contributed by atoms with Crippen LogP contribution < -0.4 is 10.6 Å². The van der Waals surface area contributed by atoms with Crippen LogP contribution in [0.15, 0.2) is 29.2 Å². The third-order valence-electron chi connectivity index (χ3n) is 3.97. The van der Waals surface area contributed by atoms with Gasteiger partial charge in [0.25, 0.3) is 0 Å². The van der Waals surface area contributed by atoms with Crippen LogP contribution in [0.3, 0.4) is 0 Å². The summed E-state index contributed by atoms with van der Waals surface area (Å²) in [7, 11) is -1.96. The number of amides is 2. The number of benzene rings is 1. The Hall–Kier alpha value is -1.64. The number of hydrogen-bond acceptors (Lipinski definition) is 4. The molecule has 24 heavy (non-hydrogen) atoms. The molecule has 0 unspecified atom stereocenters. The largest absolute Gasteiger partial charge is 0.383 e. The molecule has 1 aromatic rings. The Morgan fingerprint density at radius 1 is 1.33 bits per heavy atom. The lowest BCUT2D eigenvalue weighted by Gasteiger charge is -2.32. The van der Waals surface area contributed by atoms with E-state index in [0.717, 1.165) is 12.0 Å². The van der Waals surface area contributed by atoms with Gasteiger partial charge in [0.15, 0.2) is 0 Å². The molecular weight excluding hydrogens is 330 g/mol. The topological polar surface area (TPSA) is 87.7 Å². The van der Waals surface area contributed by atoms with Gasteiger partial charge in [0.1, 0.15) is 0 Å². The van der Waals surface area contributed by atoms with E-state index in [-0.39, 0.29) is 18.6 Å². The van der Waals surface area contributed by atoms with Gasteiger partial charge in [0.2, 0.25) is 10.0 Å². The molecule has 1 aliphatic heterocycles. The normalized spacial score (nSPS) is 19.0. The van der Waals surface area contributed by atoms with E-state index in [4.69, 9.17) is 4.74 Å². The molecule has 1 atom stereocenters. The van der Waals surface area contributed by atoms with Crippen LogP contribution in [0.1, 0.15) is 18.4 Å². The molecule has 2 N–H and O–H groups in total. The van der Waals surface area contributed by atoms with E-state index in [2.05, 4.69) is 10.6 Å². The van der Waals surface area contributed by atoms with Gasteiger partial charge in [-0.25, -0.2) is 13.2 Å². The first kappa shape index (κ1) is 18.7. The minimum absolute atomic E-state index is 0.193. The standard InChI is InChI=1S/C16H25N3O4S/c1-13-5-7-15(8-6-13)24(21,22)19-10-3-4-14(12-19)18-16(20)17-9-11-23-2/h5-8,14H,3-4,9-12H2,1-2H3,(H2,17,18,20)/t14-/m1/s1. The lowest BCUT2D eigenvalue weighted by atomic mass is 10.1. The quantitative estimate of drug-likeness (QED) is 0.748. The number of rotatable bonds is 6. The molecule has 1 aromatic carbocycles. The zero-order chi connectivity index (χ0) is 17.6.